The van der Waals surface area contributed by atoms with Crippen LogP contribution in [-0.2, 0) is 13.6 Å². The van der Waals surface area contributed by atoms with Gasteiger partial charge in [0.05, 0.1) is 5.69 Å². The van der Waals surface area contributed by atoms with Crippen molar-refractivity contribution in [1.82, 2.24) is 15.1 Å². The second-order valence-corrected chi connectivity index (χ2v) is 5.35. The topological polar surface area (TPSA) is 59.3 Å². The van der Waals surface area contributed by atoms with Crippen molar-refractivity contribution >= 4 is 0 Å². The second-order valence-electron chi connectivity index (χ2n) is 5.35. The lowest BCUT2D eigenvalue weighted by molar-refractivity contribution is 0.106. The van der Waals surface area contributed by atoms with E-state index in [-0.39, 0.29) is 6.61 Å². The van der Waals surface area contributed by atoms with Crippen LogP contribution in [0.3, 0.4) is 0 Å². The minimum atomic E-state index is -0.547. The summed E-state index contributed by atoms with van der Waals surface area (Å²) in [7, 11) is 1.89. The maximum Gasteiger partial charge on any atom is 0.122 e. The third-order valence-electron chi connectivity index (χ3n) is 3.22. The van der Waals surface area contributed by atoms with Gasteiger partial charge in [0.2, 0.25) is 0 Å². The van der Waals surface area contributed by atoms with Crippen molar-refractivity contribution in [3.63, 3.8) is 0 Å². The Labute approximate surface area is 125 Å². The molecule has 0 aliphatic heterocycles. The fraction of sp³-hybridized carbons (Fsp3) is 0.438. The Kier molecular flexibility index (Phi) is 5.36. The largest absolute Gasteiger partial charge is 0.491 e. The first-order valence-corrected chi connectivity index (χ1v) is 7.12. The molecule has 2 aromatic rings. The highest BCUT2D eigenvalue weighted by Crippen LogP contribution is 2.18. The van der Waals surface area contributed by atoms with Crippen LogP contribution in [0.25, 0.3) is 0 Å². The Morgan fingerprint density at radius 3 is 2.81 bits per heavy atom. The van der Waals surface area contributed by atoms with Crippen molar-refractivity contribution in [3.05, 3.63) is 47.3 Å². The van der Waals surface area contributed by atoms with Crippen LogP contribution in [0.15, 0.2) is 30.5 Å². The average molecular weight is 289 g/mol. The molecule has 1 unspecified atom stereocenters. The first-order valence-electron chi connectivity index (χ1n) is 7.12. The summed E-state index contributed by atoms with van der Waals surface area (Å²) in [6.07, 6.45) is 1.35. The molecule has 1 aromatic carbocycles. The maximum absolute atomic E-state index is 9.93. The normalized spacial score (nSPS) is 12.4. The van der Waals surface area contributed by atoms with E-state index in [9.17, 15) is 5.11 Å². The van der Waals surface area contributed by atoms with Crippen LogP contribution in [0.4, 0.5) is 0 Å². The number of aliphatic hydroxyl groups excluding tert-OH is 1. The molecule has 5 heteroatoms. The molecule has 0 radical (unpaired) electrons. The molecule has 0 saturated heterocycles. The van der Waals surface area contributed by atoms with E-state index in [4.69, 9.17) is 4.74 Å². The molecule has 2 N–H and O–H groups in total. The second kappa shape index (κ2) is 7.24. The van der Waals surface area contributed by atoms with Crippen LogP contribution >= 0.6 is 0 Å². The van der Waals surface area contributed by atoms with Crippen LogP contribution in [-0.4, -0.2) is 34.1 Å². The first-order chi connectivity index (χ1) is 10.0. The summed E-state index contributed by atoms with van der Waals surface area (Å²) in [6, 6.07) is 7.97. The van der Waals surface area contributed by atoms with E-state index in [0.717, 1.165) is 17.0 Å². The summed E-state index contributed by atoms with van der Waals surface area (Å²) in [4.78, 5) is 0. The van der Waals surface area contributed by atoms with Crippen molar-refractivity contribution in [2.75, 3.05) is 13.2 Å². The summed E-state index contributed by atoms with van der Waals surface area (Å²) < 4.78 is 7.41. The molecule has 1 atom stereocenters. The Hall–Kier alpha value is -1.85. The lowest BCUT2D eigenvalue weighted by Crippen LogP contribution is -2.31. The van der Waals surface area contributed by atoms with E-state index in [2.05, 4.69) is 16.5 Å². The molecule has 0 amide bonds. The fourth-order valence-electron chi connectivity index (χ4n) is 2.13. The predicted octanol–water partition coefficient (Wildman–Crippen LogP) is 1.57. The molecule has 114 valence electrons. The van der Waals surface area contributed by atoms with Gasteiger partial charge in [-0.2, -0.15) is 5.10 Å². The number of hydrogen-bond acceptors (Lipinski definition) is 4. The van der Waals surface area contributed by atoms with Crippen LogP contribution in [0.5, 0.6) is 5.75 Å². The van der Waals surface area contributed by atoms with E-state index in [1.54, 1.807) is 4.68 Å². The zero-order valence-corrected chi connectivity index (χ0v) is 12.8. The molecule has 5 nitrogen and oxygen atoms in total. The van der Waals surface area contributed by atoms with Crippen molar-refractivity contribution in [3.8, 4) is 5.75 Å². The average Bonchev–Trinajstić information content (AvgIpc) is 2.83. The molecular weight excluding hydrogens is 266 g/mol. The fourth-order valence-corrected chi connectivity index (χ4v) is 2.13. The zero-order chi connectivity index (χ0) is 15.2. The van der Waals surface area contributed by atoms with Gasteiger partial charge in [-0.3, -0.25) is 4.68 Å². The maximum atomic E-state index is 9.93. The molecule has 0 bridgehead atoms. The molecule has 2 rings (SSSR count). The molecule has 1 heterocycles. The van der Waals surface area contributed by atoms with Gasteiger partial charge >= 0.3 is 0 Å². The molecule has 21 heavy (non-hydrogen) atoms. The van der Waals surface area contributed by atoms with Gasteiger partial charge in [-0.1, -0.05) is 17.7 Å². The Bertz CT molecular complexity index is 581. The summed E-state index contributed by atoms with van der Waals surface area (Å²) in [5.74, 6) is 0.823. The van der Waals surface area contributed by atoms with Crippen LogP contribution in [0.2, 0.25) is 0 Å². The van der Waals surface area contributed by atoms with Crippen molar-refractivity contribution in [1.29, 1.82) is 0 Å². The van der Waals surface area contributed by atoms with Gasteiger partial charge in [0.15, 0.2) is 0 Å². The first kappa shape index (κ1) is 15.5. The molecule has 0 fully saturated rings. The third kappa shape index (κ3) is 4.88. The monoisotopic (exact) mass is 289 g/mol. The van der Waals surface area contributed by atoms with Crippen LogP contribution in [0.1, 0.15) is 16.8 Å². The molecule has 0 saturated carbocycles. The summed E-state index contributed by atoms with van der Waals surface area (Å²) in [6.45, 7) is 5.45. The number of aryl methyl sites for hydroxylation is 3. The van der Waals surface area contributed by atoms with Crippen LogP contribution < -0.4 is 10.1 Å². The molecule has 0 aliphatic carbocycles. The quantitative estimate of drug-likeness (QED) is 0.812. The van der Waals surface area contributed by atoms with Gasteiger partial charge in [0, 0.05) is 26.3 Å². The minimum absolute atomic E-state index is 0.277. The third-order valence-corrected chi connectivity index (χ3v) is 3.22. The SMILES string of the molecule is Cc1ccc(OCC(O)CNCc2ccn(C)n2)c(C)c1. The molecule has 0 aliphatic rings. The van der Waals surface area contributed by atoms with E-state index < -0.39 is 6.10 Å². The minimum Gasteiger partial charge on any atom is -0.491 e. The molecular formula is C16H23N3O2. The van der Waals surface area contributed by atoms with Gasteiger partial charge in [0.1, 0.15) is 18.5 Å². The zero-order valence-electron chi connectivity index (χ0n) is 12.8. The lowest BCUT2D eigenvalue weighted by atomic mass is 10.1. The standard InChI is InChI=1S/C16H23N3O2/c1-12-4-5-16(13(2)8-12)21-11-15(20)10-17-9-14-6-7-19(3)18-14/h4-8,15,17,20H,9-11H2,1-3H3. The number of ether oxygens (including phenoxy) is 1. The van der Waals surface area contributed by atoms with Gasteiger partial charge in [-0.25, -0.2) is 0 Å². The number of aliphatic hydroxyl groups is 1. The van der Waals surface area contributed by atoms with Gasteiger partial charge < -0.3 is 15.2 Å². The van der Waals surface area contributed by atoms with E-state index >= 15 is 0 Å². The lowest BCUT2D eigenvalue weighted by Gasteiger charge is -2.14. The van der Waals surface area contributed by atoms with Crippen molar-refractivity contribution in [2.45, 2.75) is 26.5 Å². The van der Waals surface area contributed by atoms with Crippen molar-refractivity contribution < 1.29 is 9.84 Å². The van der Waals surface area contributed by atoms with E-state index in [0.29, 0.717) is 13.1 Å². The Morgan fingerprint density at radius 1 is 1.33 bits per heavy atom. The number of hydrogen-bond donors (Lipinski definition) is 2. The summed E-state index contributed by atoms with van der Waals surface area (Å²) in [5.41, 5.74) is 3.25. The highest BCUT2D eigenvalue weighted by Gasteiger charge is 2.07. The number of nitrogens with zero attached hydrogens (tertiary/aromatic N) is 2. The van der Waals surface area contributed by atoms with Gasteiger partial charge in [-0.15, -0.1) is 0 Å². The highest BCUT2D eigenvalue weighted by molar-refractivity contribution is 5.35. The molecule has 0 spiro atoms. The summed E-state index contributed by atoms with van der Waals surface area (Å²) >= 11 is 0. The van der Waals surface area contributed by atoms with Gasteiger partial charge in [0.25, 0.3) is 0 Å². The van der Waals surface area contributed by atoms with Gasteiger partial charge in [-0.05, 0) is 31.5 Å². The number of aromatic nitrogens is 2. The number of rotatable bonds is 7. The smallest absolute Gasteiger partial charge is 0.122 e. The number of benzene rings is 1. The van der Waals surface area contributed by atoms with Crippen LogP contribution in [0, 0.1) is 13.8 Å². The number of nitrogens with one attached hydrogen (secondary N) is 1. The summed E-state index contributed by atoms with van der Waals surface area (Å²) in [5, 5.41) is 17.4. The van der Waals surface area contributed by atoms with Crippen molar-refractivity contribution in [2.24, 2.45) is 7.05 Å². The van der Waals surface area contributed by atoms with E-state index in [1.165, 1.54) is 5.56 Å². The Balaban J connectivity index is 1.70. The highest BCUT2D eigenvalue weighted by atomic mass is 16.5. The molecule has 1 aromatic heterocycles. The predicted molar refractivity (Wildman–Crippen MR) is 82.3 cm³/mol. The van der Waals surface area contributed by atoms with E-state index in [1.807, 2.05) is 45.3 Å². The Morgan fingerprint density at radius 2 is 2.14 bits per heavy atom.